The molecule has 1 aromatic rings. The van der Waals surface area contributed by atoms with Gasteiger partial charge in [-0.15, -0.1) is 12.3 Å². The molecule has 0 saturated carbocycles. The maximum Gasteiger partial charge on any atom is 0.242 e. The number of hydrogen-bond acceptors (Lipinski definition) is 3. The Hall–Kier alpha value is -1.22. The summed E-state index contributed by atoms with van der Waals surface area (Å²) < 4.78 is 26.1. The van der Waals surface area contributed by atoms with Crippen LogP contribution in [0.15, 0.2) is 23.1 Å². The van der Waals surface area contributed by atoms with Crippen LogP contribution < -0.4 is 10.5 Å². The summed E-state index contributed by atoms with van der Waals surface area (Å²) in [6.45, 7) is 0.285. The number of anilines is 1. The van der Waals surface area contributed by atoms with Gasteiger partial charge in [0.1, 0.15) is 4.90 Å². The molecule has 6 heteroatoms. The first-order valence-corrected chi connectivity index (χ1v) is 6.81. The molecule has 0 aliphatic carbocycles. The van der Waals surface area contributed by atoms with E-state index in [1.807, 2.05) is 0 Å². The molecule has 0 spiro atoms. The van der Waals surface area contributed by atoms with Crippen LogP contribution in [-0.4, -0.2) is 15.0 Å². The van der Waals surface area contributed by atoms with E-state index >= 15 is 0 Å². The minimum absolute atomic E-state index is 0.0223. The minimum Gasteiger partial charge on any atom is -0.399 e. The van der Waals surface area contributed by atoms with Gasteiger partial charge in [-0.05, 0) is 24.6 Å². The van der Waals surface area contributed by atoms with Crippen LogP contribution >= 0.6 is 11.6 Å². The average Bonchev–Trinajstić information content (AvgIpc) is 2.24. The van der Waals surface area contributed by atoms with Crippen LogP contribution in [0, 0.1) is 12.3 Å². The summed E-state index contributed by atoms with van der Waals surface area (Å²) in [7, 11) is -3.59. The molecule has 0 radical (unpaired) electrons. The number of nitrogens with one attached hydrogen (secondary N) is 1. The predicted octanol–water partition coefficient (Wildman–Crippen LogP) is 1.61. The van der Waals surface area contributed by atoms with E-state index in [1.165, 1.54) is 18.2 Å². The van der Waals surface area contributed by atoms with Gasteiger partial charge < -0.3 is 5.73 Å². The largest absolute Gasteiger partial charge is 0.399 e. The highest BCUT2D eigenvalue weighted by Gasteiger charge is 2.16. The summed E-state index contributed by atoms with van der Waals surface area (Å²) >= 11 is 5.82. The van der Waals surface area contributed by atoms with Gasteiger partial charge in [0.25, 0.3) is 0 Å². The van der Waals surface area contributed by atoms with Crippen molar-refractivity contribution in [1.82, 2.24) is 4.72 Å². The Bertz CT molecular complexity index is 535. The van der Waals surface area contributed by atoms with Gasteiger partial charge in [0.15, 0.2) is 0 Å². The van der Waals surface area contributed by atoms with Crippen molar-refractivity contribution in [2.45, 2.75) is 17.7 Å². The number of halogens is 1. The Labute approximate surface area is 106 Å². The Balaban J connectivity index is 2.80. The molecule has 0 aliphatic rings. The number of nitrogens with two attached hydrogens (primary N) is 1. The molecule has 0 unspecified atom stereocenters. The van der Waals surface area contributed by atoms with E-state index in [4.69, 9.17) is 23.8 Å². The zero-order valence-electron chi connectivity index (χ0n) is 9.11. The summed E-state index contributed by atoms with van der Waals surface area (Å²) in [6, 6.07) is 4.26. The van der Waals surface area contributed by atoms with Crippen LogP contribution in [0.1, 0.15) is 12.8 Å². The van der Waals surface area contributed by atoms with Gasteiger partial charge in [-0.1, -0.05) is 11.6 Å². The van der Waals surface area contributed by atoms with Gasteiger partial charge in [0.2, 0.25) is 10.0 Å². The fourth-order valence-electron chi connectivity index (χ4n) is 1.21. The van der Waals surface area contributed by atoms with Crippen molar-refractivity contribution in [2.24, 2.45) is 0 Å². The van der Waals surface area contributed by atoms with Crippen molar-refractivity contribution in [3.05, 3.63) is 23.2 Å². The van der Waals surface area contributed by atoms with Crippen LogP contribution in [0.5, 0.6) is 0 Å². The van der Waals surface area contributed by atoms with Crippen LogP contribution in [0.2, 0.25) is 5.02 Å². The fourth-order valence-corrected chi connectivity index (χ4v) is 2.83. The van der Waals surface area contributed by atoms with Crippen molar-refractivity contribution in [3.8, 4) is 12.3 Å². The molecule has 0 aliphatic heterocycles. The summed E-state index contributed by atoms with van der Waals surface area (Å²) in [4.78, 5) is 0.0223. The summed E-state index contributed by atoms with van der Waals surface area (Å²) in [5.41, 5.74) is 5.91. The number of benzene rings is 1. The van der Waals surface area contributed by atoms with E-state index in [9.17, 15) is 8.42 Å². The van der Waals surface area contributed by atoms with Gasteiger partial charge >= 0.3 is 0 Å². The number of sulfonamides is 1. The molecule has 0 fully saturated rings. The van der Waals surface area contributed by atoms with Gasteiger partial charge in [0, 0.05) is 18.7 Å². The number of hydrogen-bond donors (Lipinski definition) is 2. The Morgan fingerprint density at radius 2 is 2.18 bits per heavy atom. The van der Waals surface area contributed by atoms with Crippen molar-refractivity contribution in [3.63, 3.8) is 0 Å². The first-order chi connectivity index (χ1) is 7.97. The first kappa shape index (κ1) is 13.8. The van der Waals surface area contributed by atoms with Crippen molar-refractivity contribution < 1.29 is 8.42 Å². The van der Waals surface area contributed by atoms with E-state index in [1.54, 1.807) is 0 Å². The summed E-state index contributed by atoms with van der Waals surface area (Å²) in [5.74, 6) is 2.44. The SMILES string of the molecule is C#CCCCNS(=O)(=O)c1ccc(N)cc1Cl. The second-order valence-electron chi connectivity index (χ2n) is 3.40. The zero-order valence-corrected chi connectivity index (χ0v) is 10.7. The number of terminal acetylenes is 1. The highest BCUT2D eigenvalue weighted by molar-refractivity contribution is 7.89. The van der Waals surface area contributed by atoms with E-state index < -0.39 is 10.0 Å². The zero-order chi connectivity index (χ0) is 12.9. The van der Waals surface area contributed by atoms with Crippen LogP contribution in [0.3, 0.4) is 0 Å². The second-order valence-corrected chi connectivity index (χ2v) is 5.54. The molecule has 3 N–H and O–H groups in total. The van der Waals surface area contributed by atoms with E-state index in [0.717, 1.165) is 0 Å². The molecule has 0 amide bonds. The van der Waals surface area contributed by atoms with Crippen LogP contribution in [0.25, 0.3) is 0 Å². The lowest BCUT2D eigenvalue weighted by atomic mass is 10.3. The third kappa shape index (κ3) is 3.93. The first-order valence-electron chi connectivity index (χ1n) is 4.95. The molecule has 1 rings (SSSR count). The third-order valence-corrected chi connectivity index (χ3v) is 3.98. The predicted molar refractivity (Wildman–Crippen MR) is 69.1 cm³/mol. The molecule has 92 valence electrons. The fraction of sp³-hybridized carbons (Fsp3) is 0.273. The second kappa shape index (κ2) is 5.92. The third-order valence-electron chi connectivity index (χ3n) is 2.04. The van der Waals surface area contributed by atoms with Crippen molar-refractivity contribution in [1.29, 1.82) is 0 Å². The molecule has 0 aromatic heterocycles. The lowest BCUT2D eigenvalue weighted by Crippen LogP contribution is -2.25. The normalized spacial score (nSPS) is 11.1. The molecule has 17 heavy (non-hydrogen) atoms. The Morgan fingerprint density at radius 1 is 1.47 bits per heavy atom. The van der Waals surface area contributed by atoms with Crippen molar-refractivity contribution in [2.75, 3.05) is 12.3 Å². The quantitative estimate of drug-likeness (QED) is 0.486. The molecule has 0 saturated heterocycles. The molecule has 0 heterocycles. The maximum atomic E-state index is 11.8. The van der Waals surface area contributed by atoms with Gasteiger partial charge in [-0.25, -0.2) is 13.1 Å². The summed E-state index contributed by atoms with van der Waals surface area (Å²) in [5, 5.41) is 0.106. The van der Waals surface area contributed by atoms with E-state index in [0.29, 0.717) is 18.5 Å². The smallest absolute Gasteiger partial charge is 0.242 e. The molecular weight excluding hydrogens is 260 g/mol. The molecule has 1 aromatic carbocycles. The standard InChI is InChI=1S/C11H13ClN2O2S/c1-2-3-4-7-14-17(15,16)11-6-5-9(13)8-10(11)12/h1,5-6,8,14H,3-4,7,13H2. The lowest BCUT2D eigenvalue weighted by molar-refractivity contribution is 0.580. The van der Waals surface area contributed by atoms with E-state index in [2.05, 4.69) is 10.6 Å². The van der Waals surface area contributed by atoms with E-state index in [-0.39, 0.29) is 16.5 Å². The lowest BCUT2D eigenvalue weighted by Gasteiger charge is -2.08. The molecular formula is C11H13ClN2O2S. The monoisotopic (exact) mass is 272 g/mol. The Morgan fingerprint density at radius 3 is 2.76 bits per heavy atom. The molecule has 0 bridgehead atoms. The van der Waals surface area contributed by atoms with Crippen molar-refractivity contribution >= 4 is 27.3 Å². The summed E-state index contributed by atoms with van der Waals surface area (Å²) in [6.07, 6.45) is 6.18. The number of unbranched alkanes of at least 4 members (excludes halogenated alkanes) is 1. The maximum absolute atomic E-state index is 11.8. The highest BCUT2D eigenvalue weighted by atomic mass is 35.5. The van der Waals surface area contributed by atoms with Gasteiger partial charge in [0.05, 0.1) is 5.02 Å². The van der Waals surface area contributed by atoms with Gasteiger partial charge in [-0.2, -0.15) is 0 Å². The Kier molecular flexibility index (Phi) is 4.82. The highest BCUT2D eigenvalue weighted by Crippen LogP contribution is 2.23. The van der Waals surface area contributed by atoms with Crippen LogP contribution in [0.4, 0.5) is 5.69 Å². The number of nitrogen functional groups attached to an aromatic ring is 1. The molecule has 4 nitrogen and oxygen atoms in total. The minimum atomic E-state index is -3.59. The average molecular weight is 273 g/mol. The van der Waals surface area contributed by atoms with Gasteiger partial charge in [-0.3, -0.25) is 0 Å². The molecule has 0 atom stereocenters. The number of rotatable bonds is 5. The van der Waals surface area contributed by atoms with Crippen LogP contribution in [-0.2, 0) is 10.0 Å². The topological polar surface area (TPSA) is 72.2 Å².